The molecular weight excluding hydrogens is 356 g/mol. The van der Waals surface area contributed by atoms with Crippen molar-refractivity contribution in [1.29, 1.82) is 0 Å². The van der Waals surface area contributed by atoms with Crippen LogP contribution in [-0.2, 0) is 25.9 Å². The van der Waals surface area contributed by atoms with Crippen molar-refractivity contribution < 1.29 is 9.47 Å². The Balaban J connectivity index is 1.21. The van der Waals surface area contributed by atoms with Crippen molar-refractivity contribution in [2.45, 2.75) is 51.6 Å². The summed E-state index contributed by atoms with van der Waals surface area (Å²) >= 11 is 0. The van der Waals surface area contributed by atoms with Crippen LogP contribution in [0.4, 0.5) is 0 Å². The predicted octanol–water partition coefficient (Wildman–Crippen LogP) is 2.03. The molecule has 2 aromatic rings. The first-order chi connectivity index (χ1) is 13.8. The normalized spacial score (nSPS) is 15.8. The van der Waals surface area contributed by atoms with Gasteiger partial charge in [-0.05, 0) is 37.0 Å². The molecule has 0 saturated heterocycles. The van der Waals surface area contributed by atoms with Crippen molar-refractivity contribution in [3.8, 4) is 11.5 Å². The molecule has 1 aromatic carbocycles. The Bertz CT molecular complexity index is 832. The van der Waals surface area contributed by atoms with Gasteiger partial charge in [0.25, 0.3) is 0 Å². The number of nitrogens with one attached hydrogen (secondary N) is 2. The maximum Gasteiger partial charge on any atom is 0.231 e. The molecule has 3 heterocycles. The van der Waals surface area contributed by atoms with E-state index in [1.165, 1.54) is 19.3 Å². The van der Waals surface area contributed by atoms with E-state index in [0.717, 1.165) is 67.0 Å². The Morgan fingerprint density at radius 1 is 1.14 bits per heavy atom. The Morgan fingerprint density at radius 3 is 3.00 bits per heavy atom. The Labute approximate surface area is 165 Å². The average molecular weight is 384 g/mol. The summed E-state index contributed by atoms with van der Waals surface area (Å²) < 4.78 is 13.1. The predicted molar refractivity (Wildman–Crippen MR) is 107 cm³/mol. The van der Waals surface area contributed by atoms with Crippen LogP contribution in [0.2, 0.25) is 0 Å². The van der Waals surface area contributed by atoms with E-state index in [4.69, 9.17) is 9.47 Å². The van der Waals surface area contributed by atoms with E-state index in [1.807, 2.05) is 18.2 Å². The van der Waals surface area contributed by atoms with Gasteiger partial charge in [-0.1, -0.05) is 12.5 Å². The molecule has 0 fully saturated rings. The second-order valence-electron chi connectivity index (χ2n) is 7.14. The van der Waals surface area contributed by atoms with Crippen molar-refractivity contribution in [2.75, 3.05) is 20.4 Å². The second-order valence-corrected chi connectivity index (χ2v) is 7.14. The summed E-state index contributed by atoms with van der Waals surface area (Å²) in [5.41, 5.74) is 1.12. The van der Waals surface area contributed by atoms with Crippen molar-refractivity contribution in [2.24, 2.45) is 4.99 Å². The fourth-order valence-electron chi connectivity index (χ4n) is 3.64. The van der Waals surface area contributed by atoms with Gasteiger partial charge in [0.2, 0.25) is 6.79 Å². The van der Waals surface area contributed by atoms with Crippen LogP contribution in [0.25, 0.3) is 0 Å². The lowest BCUT2D eigenvalue weighted by Crippen LogP contribution is -2.37. The molecule has 2 aliphatic rings. The van der Waals surface area contributed by atoms with Gasteiger partial charge in [-0.2, -0.15) is 0 Å². The summed E-state index contributed by atoms with van der Waals surface area (Å²) in [4.78, 5) is 4.30. The highest BCUT2D eigenvalue weighted by molar-refractivity contribution is 5.79. The zero-order valence-corrected chi connectivity index (χ0v) is 16.4. The van der Waals surface area contributed by atoms with Crippen molar-refractivity contribution in [3.63, 3.8) is 0 Å². The minimum absolute atomic E-state index is 0.296. The van der Waals surface area contributed by atoms with E-state index in [0.29, 0.717) is 13.3 Å². The highest BCUT2D eigenvalue weighted by atomic mass is 16.7. The van der Waals surface area contributed by atoms with Gasteiger partial charge in [-0.15, -0.1) is 10.2 Å². The largest absolute Gasteiger partial charge is 0.454 e. The number of guanidine groups is 1. The molecule has 0 atom stereocenters. The SMILES string of the molecule is CN=C(NCCCc1nnc2n1CCCCC2)NCc1ccc2c(c1)OCO2. The van der Waals surface area contributed by atoms with Crippen LogP contribution in [0.1, 0.15) is 42.9 Å². The molecule has 0 aliphatic carbocycles. The lowest BCUT2D eigenvalue weighted by molar-refractivity contribution is 0.174. The van der Waals surface area contributed by atoms with Gasteiger partial charge >= 0.3 is 0 Å². The van der Waals surface area contributed by atoms with Crippen LogP contribution in [0.3, 0.4) is 0 Å². The van der Waals surface area contributed by atoms with E-state index in [1.54, 1.807) is 7.05 Å². The molecule has 0 amide bonds. The third kappa shape index (κ3) is 4.37. The van der Waals surface area contributed by atoms with Crippen LogP contribution in [-0.4, -0.2) is 41.1 Å². The number of ether oxygens (including phenoxy) is 2. The molecule has 8 heteroatoms. The summed E-state index contributed by atoms with van der Waals surface area (Å²) in [5.74, 6) is 4.66. The molecule has 0 bridgehead atoms. The van der Waals surface area contributed by atoms with Gasteiger partial charge in [0.1, 0.15) is 11.6 Å². The van der Waals surface area contributed by atoms with E-state index >= 15 is 0 Å². The van der Waals surface area contributed by atoms with Crippen molar-refractivity contribution in [3.05, 3.63) is 35.4 Å². The lowest BCUT2D eigenvalue weighted by atomic mass is 10.2. The van der Waals surface area contributed by atoms with Crippen LogP contribution in [0, 0.1) is 0 Å². The van der Waals surface area contributed by atoms with Crippen molar-refractivity contribution >= 4 is 5.96 Å². The minimum atomic E-state index is 0.296. The van der Waals surface area contributed by atoms with E-state index in [2.05, 4.69) is 30.4 Å². The molecular formula is C20H28N6O2. The van der Waals surface area contributed by atoms with Gasteiger partial charge in [0.05, 0.1) is 0 Å². The number of benzene rings is 1. The summed E-state index contributed by atoms with van der Waals surface area (Å²) in [6.45, 7) is 2.87. The Morgan fingerprint density at radius 2 is 2.07 bits per heavy atom. The fraction of sp³-hybridized carbons (Fsp3) is 0.550. The first kappa shape index (κ1) is 18.6. The maximum atomic E-state index is 5.43. The van der Waals surface area contributed by atoms with Gasteiger partial charge in [-0.25, -0.2) is 0 Å². The molecule has 0 unspecified atom stereocenters. The summed E-state index contributed by atoms with van der Waals surface area (Å²) in [5, 5.41) is 15.5. The van der Waals surface area contributed by atoms with Gasteiger partial charge in [0.15, 0.2) is 17.5 Å². The quantitative estimate of drug-likeness (QED) is 0.450. The smallest absolute Gasteiger partial charge is 0.231 e. The maximum absolute atomic E-state index is 5.43. The molecule has 1 aromatic heterocycles. The molecule has 150 valence electrons. The molecule has 8 nitrogen and oxygen atoms in total. The van der Waals surface area contributed by atoms with E-state index in [9.17, 15) is 0 Å². The summed E-state index contributed by atoms with van der Waals surface area (Å²) in [6, 6.07) is 5.97. The number of nitrogens with zero attached hydrogens (tertiary/aromatic N) is 4. The standard InChI is InChI=1S/C20H28N6O2/c1-21-20(23-13-15-8-9-16-17(12-15)28-14-27-16)22-10-5-7-19-25-24-18-6-3-2-4-11-26(18)19/h8-9,12H,2-7,10-11,13-14H2,1H3,(H2,21,22,23). The van der Waals surface area contributed by atoms with Gasteiger partial charge in [0, 0.05) is 39.5 Å². The third-order valence-corrected chi connectivity index (χ3v) is 5.18. The number of hydrogen-bond donors (Lipinski definition) is 2. The van der Waals surface area contributed by atoms with Gasteiger partial charge in [-0.3, -0.25) is 4.99 Å². The summed E-state index contributed by atoms with van der Waals surface area (Å²) in [6.07, 6.45) is 6.72. The second kappa shape index (κ2) is 8.95. The molecule has 0 saturated carbocycles. The highest BCUT2D eigenvalue weighted by Crippen LogP contribution is 2.32. The first-order valence-corrected chi connectivity index (χ1v) is 10.1. The van der Waals surface area contributed by atoms with Crippen LogP contribution < -0.4 is 20.1 Å². The number of rotatable bonds is 6. The third-order valence-electron chi connectivity index (χ3n) is 5.18. The van der Waals surface area contributed by atoms with E-state index < -0.39 is 0 Å². The Kier molecular flexibility index (Phi) is 5.94. The topological polar surface area (TPSA) is 85.6 Å². The first-order valence-electron chi connectivity index (χ1n) is 10.1. The molecule has 4 rings (SSSR count). The number of hydrogen-bond acceptors (Lipinski definition) is 5. The van der Waals surface area contributed by atoms with Crippen LogP contribution in [0.15, 0.2) is 23.2 Å². The zero-order chi connectivity index (χ0) is 19.2. The molecule has 28 heavy (non-hydrogen) atoms. The van der Waals surface area contributed by atoms with Crippen LogP contribution >= 0.6 is 0 Å². The average Bonchev–Trinajstić information content (AvgIpc) is 3.27. The monoisotopic (exact) mass is 384 g/mol. The minimum Gasteiger partial charge on any atom is -0.454 e. The lowest BCUT2D eigenvalue weighted by Gasteiger charge is -2.12. The fourth-order valence-corrected chi connectivity index (χ4v) is 3.64. The number of fused-ring (bicyclic) bond motifs is 2. The Hall–Kier alpha value is -2.77. The van der Waals surface area contributed by atoms with Gasteiger partial charge < -0.3 is 24.7 Å². The number of aromatic nitrogens is 3. The summed E-state index contributed by atoms with van der Waals surface area (Å²) in [7, 11) is 1.79. The number of aliphatic imine (C=N–C) groups is 1. The van der Waals surface area contributed by atoms with Crippen molar-refractivity contribution in [1.82, 2.24) is 25.4 Å². The molecule has 0 radical (unpaired) electrons. The zero-order valence-electron chi connectivity index (χ0n) is 16.4. The molecule has 2 N–H and O–H groups in total. The molecule has 2 aliphatic heterocycles. The highest BCUT2D eigenvalue weighted by Gasteiger charge is 2.15. The van der Waals surface area contributed by atoms with Crippen LogP contribution in [0.5, 0.6) is 11.5 Å². The molecule has 0 spiro atoms. The number of aryl methyl sites for hydroxylation is 2. The van der Waals surface area contributed by atoms with E-state index in [-0.39, 0.29) is 0 Å².